The lowest BCUT2D eigenvalue weighted by Gasteiger charge is -2.15. The molecule has 0 bridgehead atoms. The minimum atomic E-state index is -0.457. The molecule has 118 valence electrons. The number of amides is 1. The van der Waals surface area contributed by atoms with Crippen molar-refractivity contribution in [2.45, 2.75) is 39.8 Å². The van der Waals surface area contributed by atoms with Crippen molar-refractivity contribution < 1.29 is 9.18 Å². The molecule has 0 unspecified atom stereocenters. The molecule has 2 rings (SSSR count). The van der Waals surface area contributed by atoms with Gasteiger partial charge in [-0.3, -0.25) is 9.48 Å². The lowest BCUT2D eigenvalue weighted by Crippen LogP contribution is -2.32. The van der Waals surface area contributed by atoms with E-state index in [2.05, 4.69) is 22.7 Å². The van der Waals surface area contributed by atoms with Crippen LogP contribution in [0.1, 0.15) is 25.8 Å². The maximum atomic E-state index is 13.2. The third-order valence-corrected chi connectivity index (χ3v) is 3.32. The maximum Gasteiger partial charge on any atom is 0.246 e. The Kier molecular flexibility index (Phi) is 5.14. The molecule has 5 nitrogen and oxygen atoms in total. The number of nitrogens with one attached hydrogen (secondary N) is 2. The number of halogens is 1. The van der Waals surface area contributed by atoms with Crippen LogP contribution in [-0.2, 0) is 11.3 Å². The number of aryl methyl sites for hydroxylation is 2. The first kappa shape index (κ1) is 16.0. The molecule has 1 heterocycles. The number of carbonyl (C=O) groups excluding carboxylic acids is 1. The second-order valence-electron chi connectivity index (χ2n) is 5.31. The second kappa shape index (κ2) is 7.06. The zero-order valence-electron chi connectivity index (χ0n) is 13.1. The summed E-state index contributed by atoms with van der Waals surface area (Å²) in [5, 5.41) is 10.0. The predicted molar refractivity (Wildman–Crippen MR) is 85.4 cm³/mol. The van der Waals surface area contributed by atoms with E-state index in [4.69, 9.17) is 0 Å². The SMILES string of the molecule is CCCn1cc(N[C@H](C)C(=O)Nc2cc(F)ccc2C)cn1. The monoisotopic (exact) mass is 304 g/mol. The van der Waals surface area contributed by atoms with Gasteiger partial charge in [0.1, 0.15) is 11.9 Å². The molecule has 0 aliphatic rings. The van der Waals surface area contributed by atoms with E-state index in [1.54, 1.807) is 19.2 Å². The van der Waals surface area contributed by atoms with Crippen molar-refractivity contribution in [3.63, 3.8) is 0 Å². The molecule has 22 heavy (non-hydrogen) atoms. The highest BCUT2D eigenvalue weighted by molar-refractivity contribution is 5.96. The molecule has 0 radical (unpaired) electrons. The molecule has 0 spiro atoms. The Hall–Kier alpha value is -2.37. The van der Waals surface area contributed by atoms with Gasteiger partial charge in [0, 0.05) is 18.4 Å². The quantitative estimate of drug-likeness (QED) is 0.861. The number of benzene rings is 1. The van der Waals surface area contributed by atoms with Crippen LogP contribution in [0.4, 0.5) is 15.8 Å². The fourth-order valence-electron chi connectivity index (χ4n) is 2.07. The smallest absolute Gasteiger partial charge is 0.246 e. The lowest BCUT2D eigenvalue weighted by atomic mass is 10.2. The van der Waals surface area contributed by atoms with E-state index < -0.39 is 6.04 Å². The van der Waals surface area contributed by atoms with E-state index in [9.17, 15) is 9.18 Å². The van der Waals surface area contributed by atoms with Gasteiger partial charge >= 0.3 is 0 Å². The first-order chi connectivity index (χ1) is 10.5. The molecule has 2 aromatic rings. The molecule has 1 atom stereocenters. The molecule has 1 aromatic heterocycles. The van der Waals surface area contributed by atoms with Gasteiger partial charge in [0.25, 0.3) is 0 Å². The Labute approximate surface area is 129 Å². The van der Waals surface area contributed by atoms with Gasteiger partial charge in [-0.2, -0.15) is 5.10 Å². The molecule has 0 fully saturated rings. The van der Waals surface area contributed by atoms with E-state index in [1.807, 2.05) is 17.8 Å². The first-order valence-corrected chi connectivity index (χ1v) is 7.35. The van der Waals surface area contributed by atoms with Crippen molar-refractivity contribution in [1.82, 2.24) is 9.78 Å². The highest BCUT2D eigenvalue weighted by atomic mass is 19.1. The summed E-state index contributed by atoms with van der Waals surface area (Å²) in [7, 11) is 0. The fourth-order valence-corrected chi connectivity index (χ4v) is 2.07. The van der Waals surface area contributed by atoms with Gasteiger partial charge in [0.05, 0.1) is 11.9 Å². The number of rotatable bonds is 6. The Morgan fingerprint density at radius 2 is 2.23 bits per heavy atom. The van der Waals surface area contributed by atoms with Gasteiger partial charge in [0.15, 0.2) is 0 Å². The molecule has 1 aromatic carbocycles. The van der Waals surface area contributed by atoms with Gasteiger partial charge in [-0.15, -0.1) is 0 Å². The van der Waals surface area contributed by atoms with Gasteiger partial charge < -0.3 is 10.6 Å². The summed E-state index contributed by atoms with van der Waals surface area (Å²) in [4.78, 5) is 12.2. The van der Waals surface area contributed by atoms with E-state index in [1.165, 1.54) is 12.1 Å². The molecule has 2 N–H and O–H groups in total. The van der Waals surface area contributed by atoms with Crippen LogP contribution in [0.25, 0.3) is 0 Å². The third-order valence-electron chi connectivity index (χ3n) is 3.32. The van der Waals surface area contributed by atoms with E-state index >= 15 is 0 Å². The summed E-state index contributed by atoms with van der Waals surface area (Å²) in [6.45, 7) is 6.49. The average molecular weight is 304 g/mol. The van der Waals surface area contributed by atoms with Crippen LogP contribution < -0.4 is 10.6 Å². The Morgan fingerprint density at radius 3 is 2.95 bits per heavy atom. The average Bonchev–Trinajstić information content (AvgIpc) is 2.90. The van der Waals surface area contributed by atoms with E-state index in [-0.39, 0.29) is 11.7 Å². The van der Waals surface area contributed by atoms with Crippen LogP contribution in [0.2, 0.25) is 0 Å². The lowest BCUT2D eigenvalue weighted by molar-refractivity contribution is -0.116. The summed E-state index contributed by atoms with van der Waals surface area (Å²) < 4.78 is 15.1. The highest BCUT2D eigenvalue weighted by Crippen LogP contribution is 2.16. The molecule has 0 saturated carbocycles. The van der Waals surface area contributed by atoms with Crippen LogP contribution in [0, 0.1) is 12.7 Å². The molecule has 1 amide bonds. The van der Waals surface area contributed by atoms with Gasteiger partial charge in [-0.1, -0.05) is 13.0 Å². The summed E-state index contributed by atoms with van der Waals surface area (Å²) >= 11 is 0. The van der Waals surface area contributed by atoms with Gasteiger partial charge in [-0.25, -0.2) is 4.39 Å². The number of carbonyl (C=O) groups is 1. The van der Waals surface area contributed by atoms with E-state index in [0.29, 0.717) is 5.69 Å². The molecule has 0 aliphatic heterocycles. The zero-order valence-corrected chi connectivity index (χ0v) is 13.1. The first-order valence-electron chi connectivity index (χ1n) is 7.35. The minimum absolute atomic E-state index is 0.225. The van der Waals surface area contributed by atoms with Crippen molar-refractivity contribution in [3.05, 3.63) is 42.0 Å². The molecular weight excluding hydrogens is 283 g/mol. The van der Waals surface area contributed by atoms with Crippen molar-refractivity contribution in [2.75, 3.05) is 10.6 Å². The summed E-state index contributed by atoms with van der Waals surface area (Å²) in [6.07, 6.45) is 4.55. The van der Waals surface area contributed by atoms with Crippen molar-refractivity contribution >= 4 is 17.3 Å². The summed E-state index contributed by atoms with van der Waals surface area (Å²) in [6, 6.07) is 3.87. The van der Waals surface area contributed by atoms with Gasteiger partial charge in [0.2, 0.25) is 5.91 Å². The van der Waals surface area contributed by atoms with Crippen molar-refractivity contribution in [3.8, 4) is 0 Å². The second-order valence-corrected chi connectivity index (χ2v) is 5.31. The zero-order chi connectivity index (χ0) is 16.1. The summed E-state index contributed by atoms with van der Waals surface area (Å²) in [5.74, 6) is -0.598. The minimum Gasteiger partial charge on any atom is -0.371 e. The van der Waals surface area contributed by atoms with Crippen LogP contribution in [-0.4, -0.2) is 21.7 Å². The van der Waals surface area contributed by atoms with Crippen molar-refractivity contribution in [2.24, 2.45) is 0 Å². The number of hydrogen-bond acceptors (Lipinski definition) is 3. The largest absolute Gasteiger partial charge is 0.371 e. The van der Waals surface area contributed by atoms with Crippen LogP contribution >= 0.6 is 0 Å². The number of nitrogens with zero attached hydrogens (tertiary/aromatic N) is 2. The van der Waals surface area contributed by atoms with Crippen molar-refractivity contribution in [1.29, 1.82) is 0 Å². The predicted octanol–water partition coefficient (Wildman–Crippen LogP) is 3.18. The molecule has 0 aliphatic carbocycles. The maximum absolute atomic E-state index is 13.2. The highest BCUT2D eigenvalue weighted by Gasteiger charge is 2.14. The standard InChI is InChI=1S/C16H21FN4O/c1-4-7-21-10-14(9-18-21)19-12(3)16(22)20-15-8-13(17)6-5-11(15)2/h5-6,8-10,12,19H,4,7H2,1-3H3,(H,20,22)/t12-/m1/s1. The fraction of sp³-hybridized carbons (Fsp3) is 0.375. The third kappa shape index (κ3) is 4.07. The molecule has 0 saturated heterocycles. The summed E-state index contributed by atoms with van der Waals surface area (Å²) in [5.41, 5.74) is 2.09. The number of hydrogen-bond donors (Lipinski definition) is 2. The van der Waals surface area contributed by atoms with Crippen LogP contribution in [0.5, 0.6) is 0 Å². The van der Waals surface area contributed by atoms with Gasteiger partial charge in [-0.05, 0) is 38.0 Å². The normalized spacial score (nSPS) is 12.0. The Bertz CT molecular complexity index is 653. The topological polar surface area (TPSA) is 59.0 Å². The van der Waals surface area contributed by atoms with Crippen LogP contribution in [0.3, 0.4) is 0 Å². The Balaban J connectivity index is 1.98. The Morgan fingerprint density at radius 1 is 1.45 bits per heavy atom. The number of anilines is 2. The van der Waals surface area contributed by atoms with Crippen LogP contribution in [0.15, 0.2) is 30.6 Å². The molecule has 6 heteroatoms. The number of aromatic nitrogens is 2. The van der Waals surface area contributed by atoms with E-state index in [0.717, 1.165) is 24.2 Å². The molecular formula is C16H21FN4O.